The molecule has 0 aliphatic carbocycles. The van der Waals surface area contributed by atoms with Crippen molar-refractivity contribution in [3.8, 4) is 11.3 Å². The fourth-order valence-electron chi connectivity index (χ4n) is 2.40. The van der Waals surface area contributed by atoms with Crippen LogP contribution in [0.2, 0.25) is 5.28 Å². The molecule has 0 bridgehead atoms. The van der Waals surface area contributed by atoms with E-state index in [-0.39, 0.29) is 0 Å². The Bertz CT molecular complexity index is 916. The molecule has 2 aromatic carbocycles. The summed E-state index contributed by atoms with van der Waals surface area (Å²) in [5, 5.41) is 2.56. The second-order valence-electron chi connectivity index (χ2n) is 4.49. The van der Waals surface area contributed by atoms with Gasteiger partial charge in [-0.05, 0) is 17.7 Å². The third-order valence-electron chi connectivity index (χ3n) is 3.26. The minimum atomic E-state index is 0.294. The minimum Gasteiger partial charge on any atom is -0.217 e. The molecule has 0 unspecified atom stereocenters. The molecule has 0 N–H and O–H groups in total. The summed E-state index contributed by atoms with van der Waals surface area (Å²) in [6.07, 6.45) is 0. The zero-order valence-corrected chi connectivity index (χ0v) is 11.9. The molecule has 96 valence electrons. The molecular formula is C16H9ClN2S. The lowest BCUT2D eigenvalue weighted by molar-refractivity contribution is 1.24. The highest BCUT2D eigenvalue weighted by molar-refractivity contribution is 7.25. The van der Waals surface area contributed by atoms with Gasteiger partial charge in [0.1, 0.15) is 4.83 Å². The Hall–Kier alpha value is -1.97. The second-order valence-corrected chi connectivity index (χ2v) is 5.85. The van der Waals surface area contributed by atoms with Gasteiger partial charge in [-0.3, -0.25) is 0 Å². The van der Waals surface area contributed by atoms with Crippen LogP contribution in [-0.2, 0) is 0 Å². The summed E-state index contributed by atoms with van der Waals surface area (Å²) in [7, 11) is 0. The number of fused-ring (bicyclic) bond motifs is 3. The average Bonchev–Trinajstić information content (AvgIpc) is 2.85. The normalized spacial score (nSPS) is 11.2. The van der Waals surface area contributed by atoms with E-state index in [0.717, 1.165) is 21.5 Å². The molecule has 2 nitrogen and oxygen atoms in total. The molecule has 0 aliphatic rings. The number of nitrogens with zero attached hydrogens (tertiary/aromatic N) is 2. The van der Waals surface area contributed by atoms with Crippen molar-refractivity contribution in [3.05, 3.63) is 59.9 Å². The fourth-order valence-corrected chi connectivity index (χ4v) is 3.70. The van der Waals surface area contributed by atoms with Gasteiger partial charge in [0.05, 0.1) is 5.69 Å². The first-order valence-electron chi connectivity index (χ1n) is 6.23. The van der Waals surface area contributed by atoms with E-state index in [9.17, 15) is 0 Å². The summed E-state index contributed by atoms with van der Waals surface area (Å²) < 4.78 is 1.20. The molecule has 4 aromatic rings. The third kappa shape index (κ3) is 1.79. The summed E-state index contributed by atoms with van der Waals surface area (Å²) in [5.74, 6) is 0. The second kappa shape index (κ2) is 4.54. The van der Waals surface area contributed by atoms with Gasteiger partial charge in [0.25, 0.3) is 0 Å². The summed E-state index contributed by atoms with van der Waals surface area (Å²) in [6.45, 7) is 0. The predicted molar refractivity (Wildman–Crippen MR) is 85.4 cm³/mol. The van der Waals surface area contributed by atoms with Crippen LogP contribution in [0.25, 0.3) is 31.6 Å². The first kappa shape index (κ1) is 11.8. The molecule has 0 radical (unpaired) electrons. The van der Waals surface area contributed by atoms with Crippen molar-refractivity contribution in [3.63, 3.8) is 0 Å². The van der Waals surface area contributed by atoms with Crippen molar-refractivity contribution in [1.29, 1.82) is 0 Å². The predicted octanol–water partition coefficient (Wildman–Crippen LogP) is 5.16. The van der Waals surface area contributed by atoms with Crippen molar-refractivity contribution in [2.24, 2.45) is 0 Å². The quantitative estimate of drug-likeness (QED) is 0.453. The third-order valence-corrected chi connectivity index (χ3v) is 4.49. The first-order valence-corrected chi connectivity index (χ1v) is 7.42. The molecular weight excluding hydrogens is 288 g/mol. The largest absolute Gasteiger partial charge is 0.224 e. The van der Waals surface area contributed by atoms with Crippen LogP contribution in [0, 0.1) is 0 Å². The zero-order valence-electron chi connectivity index (χ0n) is 10.4. The lowest BCUT2D eigenvalue weighted by Crippen LogP contribution is -1.88. The van der Waals surface area contributed by atoms with Gasteiger partial charge in [-0.2, -0.15) is 0 Å². The molecule has 0 amide bonds. The molecule has 0 atom stereocenters. The van der Waals surface area contributed by atoms with Crippen LogP contribution in [0.1, 0.15) is 0 Å². The number of aromatic nitrogens is 2. The average molecular weight is 297 g/mol. The van der Waals surface area contributed by atoms with E-state index >= 15 is 0 Å². The molecule has 20 heavy (non-hydrogen) atoms. The molecule has 0 saturated heterocycles. The minimum absolute atomic E-state index is 0.294. The molecule has 0 aliphatic heterocycles. The standard InChI is InChI=1S/C16H9ClN2S/c17-16-18-14(10-6-2-1-3-7-10)13-11-8-4-5-9-12(11)20-15(13)19-16/h1-9H. The van der Waals surface area contributed by atoms with Gasteiger partial charge in [0.2, 0.25) is 5.28 Å². The highest BCUT2D eigenvalue weighted by atomic mass is 35.5. The maximum Gasteiger partial charge on any atom is 0.224 e. The Morgan fingerprint density at radius 2 is 1.60 bits per heavy atom. The molecule has 0 fully saturated rings. The lowest BCUT2D eigenvalue weighted by atomic mass is 10.1. The highest BCUT2D eigenvalue weighted by Crippen LogP contribution is 2.38. The topological polar surface area (TPSA) is 25.8 Å². The van der Waals surface area contributed by atoms with Gasteiger partial charge in [-0.1, -0.05) is 48.5 Å². The van der Waals surface area contributed by atoms with Crippen molar-refractivity contribution in [2.75, 3.05) is 0 Å². The molecule has 0 spiro atoms. The summed E-state index contributed by atoms with van der Waals surface area (Å²) >= 11 is 7.73. The Morgan fingerprint density at radius 3 is 2.45 bits per heavy atom. The van der Waals surface area contributed by atoms with Crippen molar-refractivity contribution < 1.29 is 0 Å². The van der Waals surface area contributed by atoms with Gasteiger partial charge >= 0.3 is 0 Å². The molecule has 2 aromatic heterocycles. The molecule has 4 rings (SSSR count). The smallest absolute Gasteiger partial charge is 0.217 e. The number of halogens is 1. The maximum atomic E-state index is 6.09. The van der Waals surface area contributed by atoms with Gasteiger partial charge in [0, 0.05) is 21.0 Å². The Morgan fingerprint density at radius 1 is 0.850 bits per heavy atom. The zero-order chi connectivity index (χ0) is 13.5. The van der Waals surface area contributed by atoms with Crippen LogP contribution in [-0.4, -0.2) is 9.97 Å². The van der Waals surface area contributed by atoms with E-state index in [2.05, 4.69) is 22.1 Å². The molecule has 2 heterocycles. The van der Waals surface area contributed by atoms with Crippen LogP contribution in [0.3, 0.4) is 0 Å². The lowest BCUT2D eigenvalue weighted by Gasteiger charge is -2.03. The van der Waals surface area contributed by atoms with E-state index in [1.165, 1.54) is 10.1 Å². The Balaban J connectivity index is 2.19. The molecule has 4 heteroatoms. The van der Waals surface area contributed by atoms with E-state index in [1.807, 2.05) is 42.5 Å². The van der Waals surface area contributed by atoms with Gasteiger partial charge in [-0.15, -0.1) is 11.3 Å². The van der Waals surface area contributed by atoms with E-state index in [0.29, 0.717) is 5.28 Å². The fraction of sp³-hybridized carbons (Fsp3) is 0. The van der Waals surface area contributed by atoms with Gasteiger partial charge in [-0.25, -0.2) is 9.97 Å². The van der Waals surface area contributed by atoms with Crippen molar-refractivity contribution in [1.82, 2.24) is 9.97 Å². The van der Waals surface area contributed by atoms with Crippen LogP contribution < -0.4 is 0 Å². The van der Waals surface area contributed by atoms with Crippen LogP contribution >= 0.6 is 22.9 Å². The van der Waals surface area contributed by atoms with Crippen molar-refractivity contribution >= 4 is 43.2 Å². The first-order chi connectivity index (χ1) is 9.83. The number of hydrogen-bond acceptors (Lipinski definition) is 3. The number of benzene rings is 2. The summed E-state index contributed by atoms with van der Waals surface area (Å²) in [5.41, 5.74) is 1.96. The van der Waals surface area contributed by atoms with E-state index < -0.39 is 0 Å². The Labute approximate surface area is 124 Å². The van der Waals surface area contributed by atoms with E-state index in [4.69, 9.17) is 11.6 Å². The summed E-state index contributed by atoms with van der Waals surface area (Å²) in [4.78, 5) is 9.76. The van der Waals surface area contributed by atoms with E-state index in [1.54, 1.807) is 11.3 Å². The van der Waals surface area contributed by atoms with Crippen LogP contribution in [0.4, 0.5) is 0 Å². The number of rotatable bonds is 1. The summed E-state index contributed by atoms with van der Waals surface area (Å²) in [6, 6.07) is 18.4. The Kier molecular flexibility index (Phi) is 2.69. The SMILES string of the molecule is Clc1nc(-c2ccccc2)c2c(n1)sc1ccccc12. The van der Waals surface area contributed by atoms with Crippen LogP contribution in [0.5, 0.6) is 0 Å². The van der Waals surface area contributed by atoms with Crippen molar-refractivity contribution in [2.45, 2.75) is 0 Å². The number of thiophene rings is 1. The highest BCUT2D eigenvalue weighted by Gasteiger charge is 2.14. The van der Waals surface area contributed by atoms with Gasteiger partial charge in [0.15, 0.2) is 0 Å². The monoisotopic (exact) mass is 296 g/mol. The maximum absolute atomic E-state index is 6.09. The van der Waals surface area contributed by atoms with Gasteiger partial charge < -0.3 is 0 Å². The molecule has 0 saturated carbocycles. The number of hydrogen-bond donors (Lipinski definition) is 0. The van der Waals surface area contributed by atoms with Crippen LogP contribution in [0.15, 0.2) is 54.6 Å².